The summed E-state index contributed by atoms with van der Waals surface area (Å²) in [6, 6.07) is 11.5. The molecule has 3 aromatic rings. The van der Waals surface area contributed by atoms with E-state index in [1.54, 1.807) is 12.3 Å². The van der Waals surface area contributed by atoms with Gasteiger partial charge in [0.15, 0.2) is 4.34 Å². The first-order valence-electron chi connectivity index (χ1n) is 11.2. The number of rotatable bonds is 7. The zero-order chi connectivity index (χ0) is 24.1. The summed E-state index contributed by atoms with van der Waals surface area (Å²) < 4.78 is 5.96. The fraction of sp³-hybridized carbons (Fsp3) is 0.417. The molecule has 1 N–H and O–H groups in total. The number of carbonyl (C=O) groups excluding carboxylic acids is 2. The number of benzene rings is 1. The maximum absolute atomic E-state index is 12.9. The van der Waals surface area contributed by atoms with Crippen LogP contribution in [0.2, 0.25) is 0 Å². The molecule has 0 radical (unpaired) electrons. The van der Waals surface area contributed by atoms with Crippen LogP contribution in [0.3, 0.4) is 0 Å². The van der Waals surface area contributed by atoms with Crippen molar-refractivity contribution in [3.8, 4) is 0 Å². The molecule has 1 saturated heterocycles. The molecule has 2 amide bonds. The smallest absolute Gasteiger partial charge is 0.253 e. The molecule has 0 saturated carbocycles. The average molecular weight is 500 g/mol. The number of piperazine rings is 1. The van der Waals surface area contributed by atoms with Gasteiger partial charge in [0.05, 0.1) is 18.6 Å². The molecule has 0 atom stereocenters. The first-order valence-corrected chi connectivity index (χ1v) is 13.0. The van der Waals surface area contributed by atoms with Crippen molar-refractivity contribution in [2.75, 3.05) is 36.8 Å². The van der Waals surface area contributed by atoms with E-state index in [9.17, 15) is 9.59 Å². The molecule has 1 aliphatic rings. The monoisotopic (exact) mass is 499 g/mol. The van der Waals surface area contributed by atoms with Crippen LogP contribution in [0.15, 0.2) is 51.4 Å². The molecule has 0 bridgehead atoms. The lowest BCUT2D eigenvalue weighted by molar-refractivity contribution is -0.118. The Bertz CT molecular complexity index is 1100. The van der Waals surface area contributed by atoms with Crippen molar-refractivity contribution in [1.82, 2.24) is 20.4 Å². The fourth-order valence-corrected chi connectivity index (χ4v) is 5.28. The molecule has 0 aliphatic carbocycles. The van der Waals surface area contributed by atoms with Gasteiger partial charge < -0.3 is 19.5 Å². The Morgan fingerprint density at radius 3 is 2.47 bits per heavy atom. The SMILES string of the molecule is CC(C)(C)c1ccc(C(=O)N2CCN(c3nnc(SCC(=O)NCc4ccco4)s3)CC2)cc1. The van der Waals surface area contributed by atoms with E-state index in [0.29, 0.717) is 32.7 Å². The summed E-state index contributed by atoms with van der Waals surface area (Å²) in [6.45, 7) is 9.54. The van der Waals surface area contributed by atoms with Crippen molar-refractivity contribution in [1.29, 1.82) is 0 Å². The van der Waals surface area contributed by atoms with Crippen LogP contribution < -0.4 is 10.2 Å². The highest BCUT2D eigenvalue weighted by molar-refractivity contribution is 8.01. The minimum absolute atomic E-state index is 0.0641. The van der Waals surface area contributed by atoms with E-state index < -0.39 is 0 Å². The van der Waals surface area contributed by atoms with E-state index in [4.69, 9.17) is 4.42 Å². The second kappa shape index (κ2) is 10.6. The van der Waals surface area contributed by atoms with E-state index in [-0.39, 0.29) is 23.0 Å². The Kier molecular flexibility index (Phi) is 7.57. The second-order valence-corrected chi connectivity index (χ2v) is 11.3. The third-order valence-electron chi connectivity index (χ3n) is 5.60. The Labute approximate surface area is 207 Å². The lowest BCUT2D eigenvalue weighted by Crippen LogP contribution is -2.48. The molecule has 0 spiro atoms. The van der Waals surface area contributed by atoms with Crippen molar-refractivity contribution in [2.45, 2.75) is 37.1 Å². The topological polar surface area (TPSA) is 91.6 Å². The van der Waals surface area contributed by atoms with Gasteiger partial charge in [0, 0.05) is 31.7 Å². The summed E-state index contributed by atoms with van der Waals surface area (Å²) in [6.07, 6.45) is 1.58. The molecule has 1 fully saturated rings. The number of hydrogen-bond acceptors (Lipinski definition) is 8. The maximum atomic E-state index is 12.9. The molecule has 1 aromatic carbocycles. The number of amides is 2. The summed E-state index contributed by atoms with van der Waals surface area (Å²) in [5, 5.41) is 12.1. The van der Waals surface area contributed by atoms with E-state index in [0.717, 1.165) is 20.8 Å². The molecule has 3 heterocycles. The quantitative estimate of drug-likeness (QED) is 0.495. The van der Waals surface area contributed by atoms with Crippen LogP contribution in [0, 0.1) is 0 Å². The van der Waals surface area contributed by atoms with E-state index in [2.05, 4.69) is 41.2 Å². The van der Waals surface area contributed by atoms with Gasteiger partial charge in [0.2, 0.25) is 11.0 Å². The molecule has 2 aromatic heterocycles. The van der Waals surface area contributed by atoms with Gasteiger partial charge in [-0.15, -0.1) is 10.2 Å². The van der Waals surface area contributed by atoms with Crippen molar-refractivity contribution in [3.05, 3.63) is 59.5 Å². The van der Waals surface area contributed by atoms with Crippen LogP contribution in [-0.2, 0) is 16.8 Å². The predicted molar refractivity (Wildman–Crippen MR) is 134 cm³/mol. The minimum atomic E-state index is -0.0826. The molecular formula is C24H29N5O3S2. The first-order chi connectivity index (χ1) is 16.3. The number of anilines is 1. The Hall–Kier alpha value is -2.85. The highest BCUT2D eigenvalue weighted by Crippen LogP contribution is 2.29. The fourth-order valence-electron chi connectivity index (χ4n) is 3.56. The van der Waals surface area contributed by atoms with Crippen LogP contribution in [0.4, 0.5) is 5.13 Å². The van der Waals surface area contributed by atoms with Crippen molar-refractivity contribution in [3.63, 3.8) is 0 Å². The molecule has 8 nitrogen and oxygen atoms in total. The second-order valence-electron chi connectivity index (χ2n) is 9.10. The summed E-state index contributed by atoms with van der Waals surface area (Å²) in [5.74, 6) is 0.970. The average Bonchev–Trinajstić information content (AvgIpc) is 3.53. The highest BCUT2D eigenvalue weighted by atomic mass is 32.2. The van der Waals surface area contributed by atoms with E-state index in [1.165, 1.54) is 28.7 Å². The van der Waals surface area contributed by atoms with Gasteiger partial charge in [0.25, 0.3) is 5.91 Å². The summed E-state index contributed by atoms with van der Waals surface area (Å²) in [4.78, 5) is 29.0. The van der Waals surface area contributed by atoms with Crippen molar-refractivity contribution < 1.29 is 14.0 Å². The number of thioether (sulfide) groups is 1. The summed E-state index contributed by atoms with van der Waals surface area (Å²) >= 11 is 2.84. The van der Waals surface area contributed by atoms with Crippen molar-refractivity contribution >= 4 is 40.0 Å². The predicted octanol–water partition coefficient (Wildman–Crippen LogP) is 3.80. The minimum Gasteiger partial charge on any atom is -0.467 e. The molecular weight excluding hydrogens is 470 g/mol. The van der Waals surface area contributed by atoms with Crippen LogP contribution in [0.1, 0.15) is 42.5 Å². The molecule has 34 heavy (non-hydrogen) atoms. The van der Waals surface area contributed by atoms with Gasteiger partial charge in [-0.1, -0.05) is 56.0 Å². The highest BCUT2D eigenvalue weighted by Gasteiger charge is 2.25. The van der Waals surface area contributed by atoms with Crippen LogP contribution in [0.25, 0.3) is 0 Å². The normalized spacial score (nSPS) is 14.3. The standard InChI is InChI=1S/C24H29N5O3S2/c1-24(2,3)18-8-6-17(7-9-18)21(31)28-10-12-29(13-11-28)22-26-27-23(34-22)33-16-20(30)25-15-19-5-4-14-32-19/h4-9,14H,10-13,15-16H2,1-3H3,(H,25,30). The molecule has 10 heteroatoms. The van der Waals surface area contributed by atoms with Crippen LogP contribution in [0.5, 0.6) is 0 Å². The number of aromatic nitrogens is 2. The molecule has 1 aliphatic heterocycles. The lowest BCUT2D eigenvalue weighted by atomic mass is 9.86. The summed E-state index contributed by atoms with van der Waals surface area (Å²) in [5.41, 5.74) is 2.01. The number of carbonyl (C=O) groups is 2. The van der Waals surface area contributed by atoms with Crippen molar-refractivity contribution in [2.24, 2.45) is 0 Å². The zero-order valence-corrected chi connectivity index (χ0v) is 21.2. The Balaban J connectivity index is 1.23. The number of nitrogens with one attached hydrogen (secondary N) is 1. The lowest BCUT2D eigenvalue weighted by Gasteiger charge is -2.34. The molecule has 180 valence electrons. The molecule has 4 rings (SSSR count). The van der Waals surface area contributed by atoms with E-state index in [1.807, 2.05) is 35.2 Å². The van der Waals surface area contributed by atoms with Gasteiger partial charge in [-0.3, -0.25) is 9.59 Å². The van der Waals surface area contributed by atoms with Gasteiger partial charge in [-0.2, -0.15) is 0 Å². The van der Waals surface area contributed by atoms with Gasteiger partial charge in [0.1, 0.15) is 5.76 Å². The van der Waals surface area contributed by atoms with E-state index >= 15 is 0 Å². The largest absolute Gasteiger partial charge is 0.467 e. The maximum Gasteiger partial charge on any atom is 0.253 e. The van der Waals surface area contributed by atoms with Gasteiger partial charge in [-0.05, 0) is 35.2 Å². The Morgan fingerprint density at radius 1 is 1.09 bits per heavy atom. The third kappa shape index (κ3) is 6.18. The molecule has 0 unspecified atom stereocenters. The van der Waals surface area contributed by atoms with Gasteiger partial charge in [-0.25, -0.2) is 0 Å². The first kappa shape index (κ1) is 24.3. The van der Waals surface area contributed by atoms with Crippen LogP contribution in [-0.4, -0.2) is 58.8 Å². The third-order valence-corrected chi connectivity index (χ3v) is 7.72. The number of hydrogen-bond donors (Lipinski definition) is 1. The number of furan rings is 1. The zero-order valence-electron chi connectivity index (χ0n) is 19.6. The Morgan fingerprint density at radius 2 is 1.82 bits per heavy atom. The van der Waals surface area contributed by atoms with Crippen LogP contribution >= 0.6 is 23.1 Å². The summed E-state index contributed by atoms with van der Waals surface area (Å²) in [7, 11) is 0. The van der Waals surface area contributed by atoms with Gasteiger partial charge >= 0.3 is 0 Å². The number of nitrogens with zero attached hydrogens (tertiary/aromatic N) is 4.